The Morgan fingerprint density at radius 1 is 0.343 bits per heavy atom. The maximum atomic E-state index is 6.64. The molecule has 5 nitrogen and oxygen atoms in total. The van der Waals surface area contributed by atoms with Crippen LogP contribution < -0.4 is 4.74 Å². The second-order valence-corrected chi connectivity index (χ2v) is 17.5. The van der Waals surface area contributed by atoms with Crippen molar-refractivity contribution in [3.63, 3.8) is 0 Å². The summed E-state index contributed by atoms with van der Waals surface area (Å²) in [6.45, 7) is 0. The molecule has 312 valence electrons. The first-order valence-electron chi connectivity index (χ1n) is 22.8. The minimum absolute atomic E-state index is 0.552. The molecule has 0 amide bonds. The van der Waals surface area contributed by atoms with Crippen LogP contribution in [0.1, 0.15) is 22.3 Å². The molecule has 5 heteroatoms. The smallest absolute Gasteiger partial charge is 0.164 e. The van der Waals surface area contributed by atoms with Crippen LogP contribution in [0.2, 0.25) is 0 Å². The lowest BCUT2D eigenvalue weighted by Crippen LogP contribution is -2.32. The van der Waals surface area contributed by atoms with Crippen LogP contribution in [0.4, 0.5) is 0 Å². The van der Waals surface area contributed by atoms with Gasteiger partial charge in [0.15, 0.2) is 17.5 Å². The zero-order chi connectivity index (χ0) is 44.1. The van der Waals surface area contributed by atoms with Crippen LogP contribution in [-0.4, -0.2) is 19.5 Å². The molecule has 0 N–H and O–H groups in total. The summed E-state index contributed by atoms with van der Waals surface area (Å²) >= 11 is 0. The van der Waals surface area contributed by atoms with Crippen molar-refractivity contribution in [3.8, 4) is 73.6 Å². The van der Waals surface area contributed by atoms with E-state index in [0.717, 1.165) is 83.1 Å². The largest absolute Gasteiger partial charge is 0.457 e. The number of rotatable bonds is 5. The van der Waals surface area contributed by atoms with Gasteiger partial charge in [-0.2, -0.15) is 0 Å². The van der Waals surface area contributed by atoms with E-state index in [9.17, 15) is 0 Å². The molecule has 10 aromatic carbocycles. The van der Waals surface area contributed by atoms with Gasteiger partial charge in [0, 0.05) is 44.3 Å². The van der Waals surface area contributed by atoms with Gasteiger partial charge in [-0.05, 0) is 98.8 Å². The predicted octanol–water partition coefficient (Wildman–Crippen LogP) is 15.3. The van der Waals surface area contributed by atoms with E-state index in [2.05, 4.69) is 217 Å². The molecule has 3 heterocycles. The Labute approximate surface area is 386 Å². The van der Waals surface area contributed by atoms with Gasteiger partial charge in [0.1, 0.15) is 11.5 Å². The van der Waals surface area contributed by atoms with E-state index in [1.807, 2.05) is 18.2 Å². The Bertz CT molecular complexity index is 3920. The Kier molecular flexibility index (Phi) is 8.13. The molecule has 0 bridgehead atoms. The van der Waals surface area contributed by atoms with Crippen LogP contribution in [0.5, 0.6) is 11.5 Å². The van der Waals surface area contributed by atoms with Crippen LogP contribution in [0.25, 0.3) is 94.7 Å². The van der Waals surface area contributed by atoms with Crippen LogP contribution in [0, 0.1) is 0 Å². The van der Waals surface area contributed by atoms with E-state index >= 15 is 0 Å². The van der Waals surface area contributed by atoms with Gasteiger partial charge >= 0.3 is 0 Å². The molecule has 12 aromatic rings. The fourth-order valence-electron chi connectivity index (χ4n) is 11.1. The average Bonchev–Trinajstić information content (AvgIpc) is 3.89. The molecule has 67 heavy (non-hydrogen) atoms. The Balaban J connectivity index is 1.01. The molecule has 0 saturated heterocycles. The van der Waals surface area contributed by atoms with Crippen molar-refractivity contribution in [2.45, 2.75) is 5.41 Å². The summed E-state index contributed by atoms with van der Waals surface area (Å²) < 4.78 is 9.01. The number of hydrogen-bond donors (Lipinski definition) is 0. The van der Waals surface area contributed by atoms with Crippen LogP contribution in [-0.2, 0) is 5.41 Å². The lowest BCUT2D eigenvalue weighted by molar-refractivity contribution is 0.436. The van der Waals surface area contributed by atoms with Crippen molar-refractivity contribution < 1.29 is 4.74 Å². The van der Waals surface area contributed by atoms with Crippen molar-refractivity contribution in [1.29, 1.82) is 0 Å². The first-order valence-corrected chi connectivity index (χ1v) is 22.8. The number of ether oxygens (including phenoxy) is 1. The molecule has 0 unspecified atom stereocenters. The molecular weight excluding hydrogens is 817 g/mol. The highest BCUT2D eigenvalue weighted by Crippen LogP contribution is 2.63. The zero-order valence-electron chi connectivity index (χ0n) is 36.1. The summed E-state index contributed by atoms with van der Waals surface area (Å²) in [5.74, 6) is 3.67. The number of aromatic nitrogens is 4. The first-order chi connectivity index (χ1) is 33.2. The third kappa shape index (κ3) is 5.52. The lowest BCUT2D eigenvalue weighted by Gasteiger charge is -2.39. The summed E-state index contributed by atoms with van der Waals surface area (Å²) in [7, 11) is 0. The number of hydrogen-bond acceptors (Lipinski definition) is 4. The number of fused-ring (bicyclic) bond motifs is 13. The highest BCUT2D eigenvalue weighted by atomic mass is 16.5. The molecule has 1 aliphatic carbocycles. The van der Waals surface area contributed by atoms with Gasteiger partial charge < -0.3 is 9.30 Å². The predicted molar refractivity (Wildman–Crippen MR) is 271 cm³/mol. The number of nitrogens with zero attached hydrogens (tertiary/aromatic N) is 4. The standard InChI is InChI=1S/C62H38N4O/c1-3-18-40(19-4-1)59-63-60(65-61(64-59)46-26-15-20-39-17-7-8-23-44(39)46)42-34-36-55-49(38-42)48-37-41(33-35-54(48)66(55)43-21-5-2-6-22-43)45-25-16-30-53-58(45)47-24-9-10-27-50(47)62(53)51-28-11-13-31-56(51)67-57-32-14-12-29-52(57)62/h1-38H. The quantitative estimate of drug-likeness (QED) is 0.173. The second kappa shape index (κ2) is 14.5. The van der Waals surface area contributed by atoms with Crippen molar-refractivity contribution >= 4 is 32.6 Å². The van der Waals surface area contributed by atoms with E-state index in [0.29, 0.717) is 17.5 Å². The van der Waals surface area contributed by atoms with Crippen molar-refractivity contribution in [2.75, 3.05) is 0 Å². The third-order valence-corrected chi connectivity index (χ3v) is 13.9. The highest BCUT2D eigenvalue weighted by molar-refractivity contribution is 6.12. The van der Waals surface area contributed by atoms with Crippen LogP contribution >= 0.6 is 0 Å². The van der Waals surface area contributed by atoms with Gasteiger partial charge in [0.05, 0.1) is 16.4 Å². The van der Waals surface area contributed by atoms with Crippen molar-refractivity contribution in [3.05, 3.63) is 253 Å². The summed E-state index contributed by atoms with van der Waals surface area (Å²) in [5, 5.41) is 4.49. The third-order valence-electron chi connectivity index (χ3n) is 13.9. The molecule has 0 fully saturated rings. The molecular formula is C62H38N4O. The van der Waals surface area contributed by atoms with E-state index in [1.54, 1.807) is 0 Å². The molecule has 1 aliphatic heterocycles. The van der Waals surface area contributed by atoms with Crippen LogP contribution in [0.15, 0.2) is 231 Å². The summed E-state index contributed by atoms with van der Waals surface area (Å²) in [5.41, 5.74) is 15.2. The Morgan fingerprint density at radius 3 is 1.63 bits per heavy atom. The van der Waals surface area contributed by atoms with Gasteiger partial charge in [0.25, 0.3) is 0 Å². The number of para-hydroxylation sites is 3. The molecule has 0 atom stereocenters. The molecule has 2 aliphatic rings. The first kappa shape index (κ1) is 37.4. The minimum Gasteiger partial charge on any atom is -0.457 e. The summed E-state index contributed by atoms with van der Waals surface area (Å²) in [4.78, 5) is 15.6. The summed E-state index contributed by atoms with van der Waals surface area (Å²) in [6, 6.07) is 82.1. The van der Waals surface area contributed by atoms with Crippen LogP contribution in [0.3, 0.4) is 0 Å². The van der Waals surface area contributed by atoms with E-state index in [4.69, 9.17) is 19.7 Å². The molecule has 0 radical (unpaired) electrons. The maximum absolute atomic E-state index is 6.64. The van der Waals surface area contributed by atoms with Gasteiger partial charge in [-0.25, -0.2) is 15.0 Å². The van der Waals surface area contributed by atoms with Crippen molar-refractivity contribution in [2.24, 2.45) is 0 Å². The van der Waals surface area contributed by atoms with Gasteiger partial charge in [-0.1, -0.05) is 176 Å². The SMILES string of the molecule is c1ccc(-c2nc(-c3ccc4c(c3)c3cc(-c5cccc6c5-c5ccccc5C65c6ccccc6Oc6ccccc65)ccc3n4-c3ccccc3)nc(-c3cccc4ccccc34)n2)cc1. The normalized spacial score (nSPS) is 13.0. The van der Waals surface area contributed by atoms with E-state index in [-0.39, 0.29) is 0 Å². The highest BCUT2D eigenvalue weighted by Gasteiger charge is 2.51. The topological polar surface area (TPSA) is 52.8 Å². The molecule has 14 rings (SSSR count). The Hall–Kier alpha value is -8.93. The number of benzene rings is 10. The minimum atomic E-state index is -0.552. The van der Waals surface area contributed by atoms with Gasteiger partial charge in [-0.15, -0.1) is 0 Å². The lowest BCUT2D eigenvalue weighted by atomic mass is 9.66. The van der Waals surface area contributed by atoms with Gasteiger partial charge in [-0.3, -0.25) is 0 Å². The fraction of sp³-hybridized carbons (Fsp3) is 0.0161. The molecule has 2 aromatic heterocycles. The molecule has 0 saturated carbocycles. The van der Waals surface area contributed by atoms with Gasteiger partial charge in [0.2, 0.25) is 0 Å². The monoisotopic (exact) mass is 854 g/mol. The second-order valence-electron chi connectivity index (χ2n) is 17.5. The van der Waals surface area contributed by atoms with E-state index in [1.165, 1.54) is 27.8 Å². The molecule has 1 spiro atoms. The Morgan fingerprint density at radius 2 is 0.866 bits per heavy atom. The van der Waals surface area contributed by atoms with E-state index < -0.39 is 5.41 Å². The fourth-order valence-corrected chi connectivity index (χ4v) is 11.1. The van der Waals surface area contributed by atoms with Crippen molar-refractivity contribution in [1.82, 2.24) is 19.5 Å². The summed E-state index contributed by atoms with van der Waals surface area (Å²) in [6.07, 6.45) is 0. The average molecular weight is 855 g/mol. The zero-order valence-corrected chi connectivity index (χ0v) is 36.1. The maximum Gasteiger partial charge on any atom is 0.164 e.